The van der Waals surface area contributed by atoms with Crippen molar-refractivity contribution in [2.45, 2.75) is 58.7 Å². The molecule has 8 nitrogen and oxygen atoms in total. The molecule has 0 radical (unpaired) electrons. The molecule has 2 N–H and O–H groups in total. The van der Waals surface area contributed by atoms with E-state index in [4.69, 9.17) is 9.73 Å². The topological polar surface area (TPSA) is 92.0 Å². The number of ether oxygens (including phenoxy) is 1. The van der Waals surface area contributed by atoms with Crippen molar-refractivity contribution < 1.29 is 9.66 Å². The fourth-order valence-electron chi connectivity index (χ4n) is 3.32. The molecular formula is C21H35N5O3. The Kier molecular flexibility index (Phi) is 9.87. The molecule has 0 bridgehead atoms. The molecule has 1 fully saturated rings. The third-order valence-corrected chi connectivity index (χ3v) is 5.13. The highest BCUT2D eigenvalue weighted by molar-refractivity contribution is 5.80. The van der Waals surface area contributed by atoms with Gasteiger partial charge in [0.25, 0.3) is 5.69 Å². The fourth-order valence-corrected chi connectivity index (χ4v) is 3.32. The number of hydrogen-bond acceptors (Lipinski definition) is 5. The van der Waals surface area contributed by atoms with Gasteiger partial charge in [0.1, 0.15) is 0 Å². The lowest BCUT2D eigenvalue weighted by Gasteiger charge is -2.35. The van der Waals surface area contributed by atoms with Gasteiger partial charge in [-0.25, -0.2) is 4.99 Å². The van der Waals surface area contributed by atoms with E-state index in [0.717, 1.165) is 63.6 Å². The average Bonchev–Trinajstić information content (AvgIpc) is 2.72. The first kappa shape index (κ1) is 23.1. The highest BCUT2D eigenvalue weighted by atomic mass is 16.6. The number of benzene rings is 1. The Morgan fingerprint density at radius 1 is 1.31 bits per heavy atom. The second-order valence-electron chi connectivity index (χ2n) is 7.61. The first-order chi connectivity index (χ1) is 14.0. The van der Waals surface area contributed by atoms with Crippen molar-refractivity contribution in [3.63, 3.8) is 0 Å². The summed E-state index contributed by atoms with van der Waals surface area (Å²) in [7, 11) is 0. The Morgan fingerprint density at radius 3 is 2.59 bits per heavy atom. The lowest BCUT2D eigenvalue weighted by molar-refractivity contribution is -0.384. The van der Waals surface area contributed by atoms with E-state index in [-0.39, 0.29) is 10.6 Å². The largest absolute Gasteiger partial charge is 0.382 e. The standard InChI is InChI=1S/C21H35N5O3/c1-4-29-15-5-12-22-21(24-19-10-13-25(14-11-19)17(2)3)23-16-18-6-8-20(9-7-18)26(27)28/h6-9,17,19H,4-5,10-16H2,1-3H3,(H2,22,23,24). The highest BCUT2D eigenvalue weighted by Gasteiger charge is 2.21. The second-order valence-corrected chi connectivity index (χ2v) is 7.61. The molecule has 1 heterocycles. The summed E-state index contributed by atoms with van der Waals surface area (Å²) in [6.45, 7) is 11.4. The van der Waals surface area contributed by atoms with E-state index in [0.29, 0.717) is 18.6 Å². The summed E-state index contributed by atoms with van der Waals surface area (Å²) in [4.78, 5) is 17.6. The van der Waals surface area contributed by atoms with Crippen molar-refractivity contribution in [3.8, 4) is 0 Å². The van der Waals surface area contributed by atoms with Crippen LogP contribution in [0.25, 0.3) is 0 Å². The van der Waals surface area contributed by atoms with Crippen LogP contribution in [0.15, 0.2) is 29.3 Å². The molecule has 1 aromatic carbocycles. The van der Waals surface area contributed by atoms with Crippen LogP contribution in [0.4, 0.5) is 5.69 Å². The van der Waals surface area contributed by atoms with Gasteiger partial charge in [-0.05, 0) is 45.6 Å². The minimum atomic E-state index is -0.385. The molecule has 8 heteroatoms. The molecule has 1 aliphatic rings. The van der Waals surface area contributed by atoms with Gasteiger partial charge in [0.2, 0.25) is 0 Å². The number of piperidine rings is 1. The van der Waals surface area contributed by atoms with Crippen LogP contribution in [0.5, 0.6) is 0 Å². The van der Waals surface area contributed by atoms with Gasteiger partial charge >= 0.3 is 0 Å². The zero-order valence-electron chi connectivity index (χ0n) is 17.9. The molecule has 0 saturated carbocycles. The van der Waals surface area contributed by atoms with Gasteiger partial charge in [-0.15, -0.1) is 0 Å². The number of rotatable bonds is 10. The van der Waals surface area contributed by atoms with E-state index in [1.54, 1.807) is 12.1 Å². The lowest BCUT2D eigenvalue weighted by Crippen LogP contribution is -2.50. The Morgan fingerprint density at radius 2 is 2.00 bits per heavy atom. The van der Waals surface area contributed by atoms with Crippen LogP contribution in [0.3, 0.4) is 0 Å². The molecule has 0 unspecified atom stereocenters. The second kappa shape index (κ2) is 12.4. The molecule has 0 aromatic heterocycles. The average molecular weight is 406 g/mol. The summed E-state index contributed by atoms with van der Waals surface area (Å²) in [5.41, 5.74) is 1.04. The molecule has 2 rings (SSSR count). The normalized spacial score (nSPS) is 16.2. The molecule has 1 aromatic rings. The zero-order valence-corrected chi connectivity index (χ0v) is 17.9. The molecule has 0 amide bonds. The molecule has 1 aliphatic heterocycles. The number of nitrogens with one attached hydrogen (secondary N) is 2. The van der Waals surface area contributed by atoms with Crippen LogP contribution in [-0.2, 0) is 11.3 Å². The highest BCUT2D eigenvalue weighted by Crippen LogP contribution is 2.14. The van der Waals surface area contributed by atoms with Crippen LogP contribution in [-0.4, -0.2) is 60.7 Å². The van der Waals surface area contributed by atoms with Gasteiger partial charge in [0.05, 0.1) is 11.5 Å². The summed E-state index contributed by atoms with van der Waals surface area (Å²) in [5, 5.41) is 17.8. The maximum Gasteiger partial charge on any atom is 0.269 e. The number of aliphatic imine (C=N–C) groups is 1. The third-order valence-electron chi connectivity index (χ3n) is 5.13. The van der Waals surface area contributed by atoms with Gasteiger partial charge < -0.3 is 20.3 Å². The van der Waals surface area contributed by atoms with Gasteiger partial charge in [-0.3, -0.25) is 10.1 Å². The van der Waals surface area contributed by atoms with Crippen molar-refractivity contribution in [2.24, 2.45) is 4.99 Å². The molecule has 0 spiro atoms. The molecule has 0 atom stereocenters. The van der Waals surface area contributed by atoms with Gasteiger partial charge in [-0.1, -0.05) is 12.1 Å². The van der Waals surface area contributed by atoms with Gasteiger partial charge in [0, 0.05) is 57.1 Å². The predicted octanol–water partition coefficient (Wildman–Crippen LogP) is 2.93. The Balaban J connectivity index is 1.92. The lowest BCUT2D eigenvalue weighted by atomic mass is 10.0. The Hall–Kier alpha value is -2.19. The van der Waals surface area contributed by atoms with Crippen LogP contribution in [0, 0.1) is 10.1 Å². The summed E-state index contributed by atoms with van der Waals surface area (Å²) < 4.78 is 5.40. The number of nitro groups is 1. The van der Waals surface area contributed by atoms with E-state index in [1.165, 1.54) is 12.1 Å². The minimum Gasteiger partial charge on any atom is -0.382 e. The number of nitrogens with zero attached hydrogens (tertiary/aromatic N) is 3. The number of nitro benzene ring substituents is 1. The maximum absolute atomic E-state index is 10.8. The number of hydrogen-bond donors (Lipinski definition) is 2. The van der Waals surface area contributed by atoms with E-state index in [9.17, 15) is 10.1 Å². The molecule has 162 valence electrons. The third kappa shape index (κ3) is 8.37. The van der Waals surface area contributed by atoms with Crippen LogP contribution < -0.4 is 10.6 Å². The smallest absolute Gasteiger partial charge is 0.269 e. The minimum absolute atomic E-state index is 0.0991. The van der Waals surface area contributed by atoms with Crippen molar-refractivity contribution in [1.29, 1.82) is 0 Å². The van der Waals surface area contributed by atoms with E-state index in [1.807, 2.05) is 6.92 Å². The summed E-state index contributed by atoms with van der Waals surface area (Å²) >= 11 is 0. The molecular weight excluding hydrogens is 370 g/mol. The number of likely N-dealkylation sites (tertiary alicyclic amines) is 1. The van der Waals surface area contributed by atoms with Crippen LogP contribution >= 0.6 is 0 Å². The predicted molar refractivity (Wildman–Crippen MR) is 116 cm³/mol. The molecule has 1 saturated heterocycles. The van der Waals surface area contributed by atoms with Crippen molar-refractivity contribution in [2.75, 3.05) is 32.8 Å². The Bertz CT molecular complexity index is 640. The van der Waals surface area contributed by atoms with Crippen molar-refractivity contribution in [1.82, 2.24) is 15.5 Å². The van der Waals surface area contributed by atoms with Gasteiger partial charge in [0.15, 0.2) is 5.96 Å². The van der Waals surface area contributed by atoms with Crippen LogP contribution in [0.1, 0.15) is 45.6 Å². The quantitative estimate of drug-likeness (QED) is 0.204. The molecule has 29 heavy (non-hydrogen) atoms. The maximum atomic E-state index is 10.8. The Labute approximate surface area is 173 Å². The zero-order chi connectivity index (χ0) is 21.1. The number of guanidine groups is 1. The summed E-state index contributed by atoms with van der Waals surface area (Å²) in [5.74, 6) is 0.794. The SMILES string of the molecule is CCOCCCNC(=NCc1ccc([N+](=O)[O-])cc1)NC1CCN(C(C)C)CC1. The monoisotopic (exact) mass is 405 g/mol. The van der Waals surface area contributed by atoms with E-state index >= 15 is 0 Å². The fraction of sp³-hybridized carbons (Fsp3) is 0.667. The number of non-ortho nitro benzene ring substituents is 1. The van der Waals surface area contributed by atoms with Crippen molar-refractivity contribution in [3.05, 3.63) is 39.9 Å². The van der Waals surface area contributed by atoms with Crippen molar-refractivity contribution >= 4 is 11.6 Å². The molecule has 0 aliphatic carbocycles. The van der Waals surface area contributed by atoms with Crippen LogP contribution in [0.2, 0.25) is 0 Å². The first-order valence-corrected chi connectivity index (χ1v) is 10.6. The summed E-state index contributed by atoms with van der Waals surface area (Å²) in [6, 6.07) is 7.55. The van der Waals surface area contributed by atoms with E-state index < -0.39 is 0 Å². The van der Waals surface area contributed by atoms with E-state index in [2.05, 4.69) is 29.4 Å². The van der Waals surface area contributed by atoms with Gasteiger partial charge in [-0.2, -0.15) is 0 Å². The first-order valence-electron chi connectivity index (χ1n) is 10.6. The summed E-state index contributed by atoms with van der Waals surface area (Å²) in [6.07, 6.45) is 3.10.